The molecule has 5 nitrogen and oxygen atoms in total. The van der Waals surface area contributed by atoms with Crippen molar-refractivity contribution in [3.05, 3.63) is 66.1 Å². The average Bonchev–Trinajstić information content (AvgIpc) is 3.11. The molecule has 0 radical (unpaired) electrons. The van der Waals surface area contributed by atoms with Crippen molar-refractivity contribution in [2.45, 2.75) is 24.3 Å². The van der Waals surface area contributed by atoms with Crippen LogP contribution >= 0.6 is 11.8 Å². The molecule has 0 fully saturated rings. The number of benzene rings is 2. The summed E-state index contributed by atoms with van der Waals surface area (Å²) in [5.41, 5.74) is 1.63. The number of rotatable bonds is 6. The van der Waals surface area contributed by atoms with Gasteiger partial charge in [0.05, 0.1) is 17.1 Å². The molecule has 0 spiro atoms. The average molecular weight is 384 g/mol. The molecule has 138 valence electrons. The predicted molar refractivity (Wildman–Crippen MR) is 102 cm³/mol. The van der Waals surface area contributed by atoms with E-state index in [4.69, 9.17) is 4.42 Å². The van der Waals surface area contributed by atoms with Crippen LogP contribution in [0.25, 0.3) is 11.3 Å². The number of para-hydroxylation sites is 1. The van der Waals surface area contributed by atoms with E-state index >= 15 is 0 Å². The van der Waals surface area contributed by atoms with E-state index in [9.17, 15) is 14.0 Å². The van der Waals surface area contributed by atoms with Gasteiger partial charge in [-0.1, -0.05) is 23.9 Å². The zero-order chi connectivity index (χ0) is 19.4. The van der Waals surface area contributed by atoms with Crippen LogP contribution in [0.2, 0.25) is 0 Å². The standard InChI is InChI=1S/C20H17FN2O3S/c1-12(24)16-5-3-4-6-17(16)23-19(25)13(2)27-20-22-11-18(26-20)14-7-9-15(21)10-8-14/h3-11,13H,1-2H3,(H,23,25). The highest BCUT2D eigenvalue weighted by molar-refractivity contribution is 8.00. The number of hydrogen-bond acceptors (Lipinski definition) is 5. The molecule has 2 aromatic carbocycles. The monoisotopic (exact) mass is 384 g/mol. The normalized spacial score (nSPS) is 11.8. The molecule has 3 rings (SSSR count). The van der Waals surface area contributed by atoms with E-state index in [1.54, 1.807) is 43.3 Å². The second-order valence-corrected chi connectivity index (χ2v) is 7.14. The first kappa shape index (κ1) is 18.8. The zero-order valence-corrected chi connectivity index (χ0v) is 15.5. The number of oxazole rings is 1. The van der Waals surface area contributed by atoms with Crippen molar-refractivity contribution in [3.8, 4) is 11.3 Å². The maximum Gasteiger partial charge on any atom is 0.256 e. The second kappa shape index (κ2) is 8.18. The Hall–Kier alpha value is -2.93. The van der Waals surface area contributed by atoms with E-state index in [1.165, 1.54) is 25.3 Å². The summed E-state index contributed by atoms with van der Waals surface area (Å²) in [6, 6.07) is 12.7. The Labute approximate surface area is 160 Å². The number of thioether (sulfide) groups is 1. The number of hydrogen-bond donors (Lipinski definition) is 1. The van der Waals surface area contributed by atoms with Gasteiger partial charge in [0.15, 0.2) is 11.5 Å². The fourth-order valence-electron chi connectivity index (χ4n) is 2.40. The Morgan fingerprint density at radius 1 is 1.15 bits per heavy atom. The number of nitrogens with one attached hydrogen (secondary N) is 1. The van der Waals surface area contributed by atoms with Gasteiger partial charge in [0, 0.05) is 11.1 Å². The third-order valence-electron chi connectivity index (χ3n) is 3.82. The molecule has 3 aromatic rings. The molecule has 0 aliphatic rings. The summed E-state index contributed by atoms with van der Waals surface area (Å²) in [5.74, 6) is -0.228. The molecule has 1 N–H and O–H groups in total. The number of anilines is 1. The quantitative estimate of drug-likeness (QED) is 0.488. The second-order valence-electron chi connectivity index (χ2n) is 5.85. The Kier molecular flexibility index (Phi) is 5.71. The number of halogens is 1. The van der Waals surface area contributed by atoms with Crippen molar-refractivity contribution < 1.29 is 18.4 Å². The van der Waals surface area contributed by atoms with Crippen molar-refractivity contribution >= 4 is 29.1 Å². The molecule has 1 atom stereocenters. The molecule has 1 aromatic heterocycles. The van der Waals surface area contributed by atoms with Crippen LogP contribution in [-0.2, 0) is 4.79 Å². The van der Waals surface area contributed by atoms with E-state index in [1.807, 2.05) is 0 Å². The minimum Gasteiger partial charge on any atom is -0.431 e. The molecular weight excluding hydrogens is 367 g/mol. The van der Waals surface area contributed by atoms with Crippen LogP contribution in [0.5, 0.6) is 0 Å². The van der Waals surface area contributed by atoms with Crippen molar-refractivity contribution in [3.63, 3.8) is 0 Å². The molecule has 0 aliphatic heterocycles. The Morgan fingerprint density at radius 3 is 2.56 bits per heavy atom. The number of amides is 1. The highest BCUT2D eigenvalue weighted by Crippen LogP contribution is 2.29. The van der Waals surface area contributed by atoms with Gasteiger partial charge < -0.3 is 9.73 Å². The molecule has 1 unspecified atom stereocenters. The van der Waals surface area contributed by atoms with Gasteiger partial charge in [0.1, 0.15) is 5.82 Å². The summed E-state index contributed by atoms with van der Waals surface area (Å²) in [6.45, 7) is 3.17. The van der Waals surface area contributed by atoms with E-state index in [-0.39, 0.29) is 17.5 Å². The van der Waals surface area contributed by atoms with Gasteiger partial charge >= 0.3 is 0 Å². The van der Waals surface area contributed by atoms with E-state index in [0.717, 1.165) is 11.8 Å². The molecular formula is C20H17FN2O3S. The SMILES string of the molecule is CC(=O)c1ccccc1NC(=O)C(C)Sc1ncc(-c2ccc(F)cc2)o1. The summed E-state index contributed by atoms with van der Waals surface area (Å²) in [4.78, 5) is 28.3. The van der Waals surface area contributed by atoms with E-state index < -0.39 is 5.25 Å². The van der Waals surface area contributed by atoms with Gasteiger partial charge in [-0.05, 0) is 50.2 Å². The Morgan fingerprint density at radius 2 is 1.85 bits per heavy atom. The third kappa shape index (κ3) is 4.62. The summed E-state index contributed by atoms with van der Waals surface area (Å²) in [7, 11) is 0. The predicted octanol–water partition coefficient (Wildman–Crippen LogP) is 4.80. The smallest absolute Gasteiger partial charge is 0.256 e. The van der Waals surface area contributed by atoms with Gasteiger partial charge in [0.2, 0.25) is 5.91 Å². The van der Waals surface area contributed by atoms with Crippen LogP contribution in [-0.4, -0.2) is 21.9 Å². The first-order chi connectivity index (χ1) is 12.9. The summed E-state index contributed by atoms with van der Waals surface area (Å²) in [5, 5.41) is 2.60. The molecule has 0 aliphatic carbocycles. The molecule has 1 amide bonds. The maximum absolute atomic E-state index is 13.0. The third-order valence-corrected chi connectivity index (χ3v) is 4.78. The van der Waals surface area contributed by atoms with Crippen LogP contribution in [0.15, 0.2) is 64.4 Å². The number of aromatic nitrogens is 1. The first-order valence-electron chi connectivity index (χ1n) is 8.23. The number of nitrogens with zero attached hydrogens (tertiary/aromatic N) is 1. The maximum atomic E-state index is 13.0. The van der Waals surface area contributed by atoms with E-state index in [2.05, 4.69) is 10.3 Å². The van der Waals surface area contributed by atoms with Gasteiger partial charge in [-0.25, -0.2) is 9.37 Å². The number of carbonyl (C=O) groups is 2. The molecule has 0 saturated heterocycles. The highest BCUT2D eigenvalue weighted by Gasteiger charge is 2.19. The van der Waals surface area contributed by atoms with Crippen molar-refractivity contribution in [1.82, 2.24) is 4.98 Å². The zero-order valence-electron chi connectivity index (χ0n) is 14.7. The van der Waals surface area contributed by atoms with Crippen LogP contribution < -0.4 is 5.32 Å². The van der Waals surface area contributed by atoms with Crippen molar-refractivity contribution in [1.29, 1.82) is 0 Å². The van der Waals surface area contributed by atoms with Crippen LogP contribution in [0.3, 0.4) is 0 Å². The van der Waals surface area contributed by atoms with Crippen molar-refractivity contribution in [2.75, 3.05) is 5.32 Å². The molecule has 27 heavy (non-hydrogen) atoms. The van der Waals surface area contributed by atoms with Gasteiger partial charge in [-0.2, -0.15) is 0 Å². The first-order valence-corrected chi connectivity index (χ1v) is 9.11. The topological polar surface area (TPSA) is 72.2 Å². The largest absolute Gasteiger partial charge is 0.431 e. The van der Waals surface area contributed by atoms with Gasteiger partial charge in [-0.3, -0.25) is 9.59 Å². The fraction of sp³-hybridized carbons (Fsp3) is 0.150. The molecule has 7 heteroatoms. The van der Waals surface area contributed by atoms with Gasteiger partial charge in [-0.15, -0.1) is 0 Å². The lowest BCUT2D eigenvalue weighted by Crippen LogP contribution is -2.23. The number of Topliss-reactive ketones (excluding diaryl/α,β-unsaturated/α-hetero) is 1. The molecule has 1 heterocycles. The Bertz CT molecular complexity index is 969. The van der Waals surface area contributed by atoms with Crippen LogP contribution in [0, 0.1) is 5.82 Å². The lowest BCUT2D eigenvalue weighted by molar-refractivity contribution is -0.115. The molecule has 0 saturated carbocycles. The summed E-state index contributed by atoms with van der Waals surface area (Å²) >= 11 is 1.16. The highest BCUT2D eigenvalue weighted by atomic mass is 32.2. The lowest BCUT2D eigenvalue weighted by atomic mass is 10.1. The van der Waals surface area contributed by atoms with Crippen LogP contribution in [0.4, 0.5) is 10.1 Å². The molecule has 0 bridgehead atoms. The van der Waals surface area contributed by atoms with Crippen molar-refractivity contribution in [2.24, 2.45) is 0 Å². The van der Waals surface area contributed by atoms with Gasteiger partial charge in [0.25, 0.3) is 5.22 Å². The summed E-state index contributed by atoms with van der Waals surface area (Å²) < 4.78 is 18.6. The lowest BCUT2D eigenvalue weighted by Gasteiger charge is -2.12. The van der Waals surface area contributed by atoms with Crippen LogP contribution in [0.1, 0.15) is 24.2 Å². The van der Waals surface area contributed by atoms with E-state index in [0.29, 0.717) is 27.8 Å². The summed E-state index contributed by atoms with van der Waals surface area (Å²) in [6.07, 6.45) is 1.53. The minimum absolute atomic E-state index is 0.122. The fourth-order valence-corrected chi connectivity index (χ4v) is 3.12. The number of ketones is 1. The number of carbonyl (C=O) groups excluding carboxylic acids is 2. The minimum atomic E-state index is -0.496. The Balaban J connectivity index is 1.67.